The van der Waals surface area contributed by atoms with Crippen LogP contribution in [0.4, 0.5) is 0 Å². The molecule has 27 heavy (non-hydrogen) atoms. The summed E-state index contributed by atoms with van der Waals surface area (Å²) in [4.78, 5) is 30.2. The Morgan fingerprint density at radius 3 is 2.52 bits per heavy atom. The van der Waals surface area contributed by atoms with Gasteiger partial charge in [0.2, 0.25) is 11.8 Å². The first kappa shape index (κ1) is 19.0. The summed E-state index contributed by atoms with van der Waals surface area (Å²) in [5.74, 6) is -0.205. The number of nitrogens with two attached hydrogens (primary N) is 1. The van der Waals surface area contributed by atoms with E-state index in [1.807, 2.05) is 66.2 Å². The van der Waals surface area contributed by atoms with E-state index in [9.17, 15) is 9.59 Å². The summed E-state index contributed by atoms with van der Waals surface area (Å²) in [6.45, 7) is 0.766. The van der Waals surface area contributed by atoms with Crippen molar-refractivity contribution in [2.45, 2.75) is 18.1 Å². The average molecular weight is 382 g/mol. The largest absolute Gasteiger partial charge is 0.370 e. The summed E-state index contributed by atoms with van der Waals surface area (Å²) in [5, 5.41) is 0.791. The summed E-state index contributed by atoms with van der Waals surface area (Å²) >= 11 is 1.40. The first-order valence-corrected chi connectivity index (χ1v) is 9.67. The monoisotopic (exact) mass is 382 g/mol. The van der Waals surface area contributed by atoms with Crippen LogP contribution < -0.4 is 5.73 Å². The smallest absolute Gasteiger partial charge is 0.233 e. The van der Waals surface area contributed by atoms with Gasteiger partial charge in [0, 0.05) is 26.6 Å². The van der Waals surface area contributed by atoms with E-state index in [1.54, 1.807) is 4.90 Å². The quantitative estimate of drug-likeness (QED) is 0.607. The van der Waals surface area contributed by atoms with Crippen molar-refractivity contribution in [1.82, 2.24) is 14.5 Å². The highest BCUT2D eigenvalue weighted by molar-refractivity contribution is 7.99. The Morgan fingerprint density at radius 1 is 1.11 bits per heavy atom. The zero-order chi connectivity index (χ0) is 19.2. The number of benzene rings is 2. The van der Waals surface area contributed by atoms with Gasteiger partial charge in [0.05, 0.1) is 16.8 Å². The van der Waals surface area contributed by atoms with E-state index in [0.29, 0.717) is 13.1 Å². The van der Waals surface area contributed by atoms with E-state index in [0.717, 1.165) is 21.8 Å². The van der Waals surface area contributed by atoms with E-state index in [4.69, 9.17) is 5.73 Å². The number of aryl methyl sites for hydroxylation is 1. The minimum atomic E-state index is -0.413. The number of hydrogen-bond acceptors (Lipinski definition) is 4. The van der Waals surface area contributed by atoms with Crippen molar-refractivity contribution < 1.29 is 9.59 Å². The third kappa shape index (κ3) is 4.89. The average Bonchev–Trinajstić information content (AvgIpc) is 3.00. The molecule has 0 bridgehead atoms. The summed E-state index contributed by atoms with van der Waals surface area (Å²) in [6.07, 6.45) is 0.148. The van der Waals surface area contributed by atoms with Crippen LogP contribution in [0, 0.1) is 0 Å². The van der Waals surface area contributed by atoms with Gasteiger partial charge in [-0.3, -0.25) is 9.59 Å². The fourth-order valence-corrected chi connectivity index (χ4v) is 3.70. The third-order valence-corrected chi connectivity index (χ3v) is 5.28. The molecule has 6 nitrogen and oxygen atoms in total. The van der Waals surface area contributed by atoms with Gasteiger partial charge in [-0.1, -0.05) is 54.2 Å². The van der Waals surface area contributed by atoms with Crippen molar-refractivity contribution >= 4 is 34.6 Å². The van der Waals surface area contributed by atoms with E-state index >= 15 is 0 Å². The Kier molecular flexibility index (Phi) is 6.13. The Labute approximate surface area is 162 Å². The van der Waals surface area contributed by atoms with Crippen LogP contribution in [0.1, 0.15) is 12.0 Å². The number of carbonyl (C=O) groups is 2. The number of carbonyl (C=O) groups excluding carboxylic acids is 2. The number of para-hydroxylation sites is 2. The molecule has 2 N–H and O–H groups in total. The zero-order valence-corrected chi connectivity index (χ0v) is 16.0. The Bertz CT molecular complexity index is 940. The van der Waals surface area contributed by atoms with Gasteiger partial charge in [-0.15, -0.1) is 0 Å². The first-order chi connectivity index (χ1) is 13.0. The zero-order valence-electron chi connectivity index (χ0n) is 15.2. The second kappa shape index (κ2) is 8.73. The second-order valence-corrected chi connectivity index (χ2v) is 7.19. The van der Waals surface area contributed by atoms with Crippen molar-refractivity contribution in [1.29, 1.82) is 0 Å². The maximum absolute atomic E-state index is 12.8. The SMILES string of the molecule is Cn1c(SCC(=O)N(CCC(N)=O)Cc2ccccc2)nc2ccccc21. The molecule has 0 saturated heterocycles. The number of thioether (sulfide) groups is 1. The standard InChI is InChI=1S/C20H22N4O2S/c1-23-17-10-6-5-9-16(17)22-20(23)27-14-19(26)24(12-11-18(21)25)13-15-7-3-2-4-8-15/h2-10H,11-14H2,1H3,(H2,21,25). The molecule has 0 spiro atoms. The third-order valence-electron chi connectivity index (χ3n) is 4.27. The fraction of sp³-hybridized carbons (Fsp3) is 0.250. The molecule has 3 aromatic rings. The van der Waals surface area contributed by atoms with Crippen LogP contribution in [-0.4, -0.2) is 38.6 Å². The highest BCUT2D eigenvalue weighted by Gasteiger charge is 2.17. The topological polar surface area (TPSA) is 81.2 Å². The number of nitrogens with zero attached hydrogens (tertiary/aromatic N) is 3. The van der Waals surface area contributed by atoms with E-state index in [2.05, 4.69) is 4.98 Å². The predicted octanol–water partition coefficient (Wildman–Crippen LogP) is 2.57. The van der Waals surface area contributed by atoms with Crippen LogP contribution in [0.3, 0.4) is 0 Å². The van der Waals surface area contributed by atoms with Crippen LogP contribution in [0.5, 0.6) is 0 Å². The van der Waals surface area contributed by atoms with Gasteiger partial charge >= 0.3 is 0 Å². The summed E-state index contributed by atoms with van der Waals surface area (Å²) in [6, 6.07) is 17.6. The molecule has 140 valence electrons. The number of hydrogen-bond donors (Lipinski definition) is 1. The van der Waals surface area contributed by atoms with Crippen LogP contribution in [0.25, 0.3) is 11.0 Å². The highest BCUT2D eigenvalue weighted by Crippen LogP contribution is 2.23. The van der Waals surface area contributed by atoms with Gasteiger partial charge in [0.1, 0.15) is 0 Å². The molecule has 7 heteroatoms. The van der Waals surface area contributed by atoms with Crippen molar-refractivity contribution in [2.75, 3.05) is 12.3 Å². The van der Waals surface area contributed by atoms with Gasteiger partial charge in [0.25, 0.3) is 0 Å². The molecule has 0 aliphatic rings. The minimum absolute atomic E-state index is 0.0443. The summed E-state index contributed by atoms with van der Waals surface area (Å²) in [7, 11) is 1.94. The van der Waals surface area contributed by atoms with Crippen molar-refractivity contribution in [2.24, 2.45) is 12.8 Å². The lowest BCUT2D eigenvalue weighted by atomic mass is 10.2. The first-order valence-electron chi connectivity index (χ1n) is 8.69. The van der Waals surface area contributed by atoms with Crippen LogP contribution in [0.2, 0.25) is 0 Å². The number of rotatable bonds is 8. The highest BCUT2D eigenvalue weighted by atomic mass is 32.2. The minimum Gasteiger partial charge on any atom is -0.370 e. The molecule has 0 aliphatic heterocycles. The Balaban J connectivity index is 1.69. The number of amides is 2. The summed E-state index contributed by atoms with van der Waals surface area (Å²) < 4.78 is 1.98. The number of fused-ring (bicyclic) bond motifs is 1. The molecule has 0 aliphatic carbocycles. The van der Waals surface area contributed by atoms with E-state index in [-0.39, 0.29) is 18.1 Å². The molecule has 0 saturated carbocycles. The molecule has 2 aromatic carbocycles. The van der Waals surface area contributed by atoms with Crippen molar-refractivity contribution in [3.63, 3.8) is 0 Å². The molecule has 2 amide bonds. The van der Waals surface area contributed by atoms with Gasteiger partial charge in [-0.25, -0.2) is 4.98 Å². The normalized spacial score (nSPS) is 10.9. The lowest BCUT2D eigenvalue weighted by Crippen LogP contribution is -2.34. The van der Waals surface area contributed by atoms with Crippen LogP contribution >= 0.6 is 11.8 Å². The van der Waals surface area contributed by atoms with E-state index < -0.39 is 5.91 Å². The Morgan fingerprint density at radius 2 is 1.81 bits per heavy atom. The molecule has 0 unspecified atom stereocenters. The van der Waals surface area contributed by atoms with Crippen LogP contribution in [-0.2, 0) is 23.2 Å². The predicted molar refractivity (Wildman–Crippen MR) is 107 cm³/mol. The van der Waals surface area contributed by atoms with Gasteiger partial charge in [-0.05, 0) is 17.7 Å². The van der Waals surface area contributed by atoms with E-state index in [1.165, 1.54) is 11.8 Å². The molecule has 1 heterocycles. The maximum atomic E-state index is 12.8. The van der Waals surface area contributed by atoms with Gasteiger partial charge in [-0.2, -0.15) is 0 Å². The fourth-order valence-electron chi connectivity index (χ4n) is 2.81. The molecule has 1 aromatic heterocycles. The second-order valence-electron chi connectivity index (χ2n) is 6.25. The molecular formula is C20H22N4O2S. The molecular weight excluding hydrogens is 360 g/mol. The van der Waals surface area contributed by atoms with Crippen molar-refractivity contribution in [3.05, 3.63) is 60.2 Å². The Hall–Kier alpha value is -2.80. The van der Waals surface area contributed by atoms with Gasteiger partial charge in [0.15, 0.2) is 5.16 Å². The van der Waals surface area contributed by atoms with Crippen LogP contribution in [0.15, 0.2) is 59.8 Å². The number of primary amides is 1. The maximum Gasteiger partial charge on any atom is 0.233 e. The van der Waals surface area contributed by atoms with Crippen molar-refractivity contribution in [3.8, 4) is 0 Å². The van der Waals surface area contributed by atoms with Gasteiger partial charge < -0.3 is 15.2 Å². The summed E-state index contributed by atoms with van der Waals surface area (Å²) in [5.41, 5.74) is 8.22. The molecule has 0 radical (unpaired) electrons. The lowest BCUT2D eigenvalue weighted by molar-refractivity contribution is -0.129. The molecule has 3 rings (SSSR count). The molecule has 0 atom stereocenters. The lowest BCUT2D eigenvalue weighted by Gasteiger charge is -2.22. The number of aromatic nitrogens is 2. The number of imidazole rings is 1. The molecule has 0 fully saturated rings.